The van der Waals surface area contributed by atoms with Crippen LogP contribution in [0.25, 0.3) is 0 Å². The van der Waals surface area contributed by atoms with E-state index in [1.165, 1.54) is 12.1 Å². The molecule has 0 aliphatic carbocycles. The highest BCUT2D eigenvalue weighted by Crippen LogP contribution is 2.34. The Morgan fingerprint density at radius 2 is 1.67 bits per heavy atom. The highest BCUT2D eigenvalue weighted by Gasteiger charge is 2.43. The molecule has 1 heterocycles. The van der Waals surface area contributed by atoms with E-state index in [-0.39, 0.29) is 36.0 Å². The van der Waals surface area contributed by atoms with Crippen molar-refractivity contribution in [1.29, 1.82) is 0 Å². The molecule has 1 saturated heterocycles. The SMILES string of the molecule is Cc1ccc(S(=O)(=O)OC[C@H]2O[C@H](OCCCO)[C@H](OCc3ccccc3)[C@@H](C)[C@@H]2C)cc1. The molecule has 0 bridgehead atoms. The average molecular weight is 479 g/mol. The van der Waals surface area contributed by atoms with Crippen LogP contribution in [-0.4, -0.2) is 51.8 Å². The molecule has 7 nitrogen and oxygen atoms in total. The van der Waals surface area contributed by atoms with Crippen molar-refractivity contribution >= 4 is 10.1 Å². The lowest BCUT2D eigenvalue weighted by Gasteiger charge is -2.44. The summed E-state index contributed by atoms with van der Waals surface area (Å²) in [5, 5.41) is 9.12. The number of rotatable bonds is 11. The molecule has 0 unspecified atom stereocenters. The maximum Gasteiger partial charge on any atom is 0.297 e. The monoisotopic (exact) mass is 478 g/mol. The van der Waals surface area contributed by atoms with E-state index < -0.39 is 22.5 Å². The number of hydrogen-bond acceptors (Lipinski definition) is 7. The van der Waals surface area contributed by atoms with E-state index in [1.54, 1.807) is 12.1 Å². The second-order valence-electron chi connectivity index (χ2n) is 8.52. The zero-order valence-corrected chi connectivity index (χ0v) is 20.2. The Labute approximate surface area is 196 Å². The largest absolute Gasteiger partial charge is 0.396 e. The van der Waals surface area contributed by atoms with Crippen molar-refractivity contribution < 1.29 is 31.9 Å². The summed E-state index contributed by atoms with van der Waals surface area (Å²) < 4.78 is 48.9. The molecule has 182 valence electrons. The minimum atomic E-state index is -3.90. The molecule has 2 aromatic rings. The topological polar surface area (TPSA) is 91.3 Å². The minimum Gasteiger partial charge on any atom is -0.396 e. The maximum atomic E-state index is 12.6. The molecule has 1 aliphatic heterocycles. The zero-order chi connectivity index (χ0) is 23.8. The van der Waals surface area contributed by atoms with Crippen LogP contribution in [0.2, 0.25) is 0 Å². The zero-order valence-electron chi connectivity index (χ0n) is 19.4. The Balaban J connectivity index is 1.67. The highest BCUT2D eigenvalue weighted by molar-refractivity contribution is 7.86. The molecule has 3 rings (SSSR count). The molecule has 0 aromatic heterocycles. The van der Waals surface area contributed by atoms with Gasteiger partial charge in [0.15, 0.2) is 6.29 Å². The predicted octanol–water partition coefficient (Wildman–Crippen LogP) is 3.68. The predicted molar refractivity (Wildman–Crippen MR) is 124 cm³/mol. The van der Waals surface area contributed by atoms with Gasteiger partial charge in [-0.3, -0.25) is 4.18 Å². The van der Waals surface area contributed by atoms with E-state index in [2.05, 4.69) is 0 Å². The molecule has 0 radical (unpaired) electrons. The number of benzene rings is 2. The third kappa shape index (κ3) is 7.09. The van der Waals surface area contributed by atoms with Crippen LogP contribution in [0.5, 0.6) is 0 Å². The molecular weight excluding hydrogens is 444 g/mol. The molecule has 0 amide bonds. The summed E-state index contributed by atoms with van der Waals surface area (Å²) in [4.78, 5) is 0.115. The number of aliphatic hydroxyl groups excluding tert-OH is 1. The van der Waals surface area contributed by atoms with Gasteiger partial charge in [-0.1, -0.05) is 61.9 Å². The fourth-order valence-corrected chi connectivity index (χ4v) is 4.69. The van der Waals surface area contributed by atoms with Crippen molar-refractivity contribution in [2.75, 3.05) is 19.8 Å². The van der Waals surface area contributed by atoms with Gasteiger partial charge < -0.3 is 19.3 Å². The fourth-order valence-electron chi connectivity index (χ4n) is 3.78. The minimum absolute atomic E-state index is 0.00947. The number of ether oxygens (including phenoxy) is 3. The first-order valence-corrected chi connectivity index (χ1v) is 12.7. The molecule has 2 aromatic carbocycles. The third-order valence-electron chi connectivity index (χ3n) is 6.08. The average Bonchev–Trinajstić information content (AvgIpc) is 2.81. The van der Waals surface area contributed by atoms with Crippen molar-refractivity contribution in [2.45, 2.75) is 57.2 Å². The second kappa shape index (κ2) is 12.1. The van der Waals surface area contributed by atoms with E-state index in [0.29, 0.717) is 19.6 Å². The fraction of sp³-hybridized carbons (Fsp3) is 0.520. The molecule has 1 fully saturated rings. The Kier molecular flexibility index (Phi) is 9.43. The Morgan fingerprint density at radius 3 is 2.33 bits per heavy atom. The first-order chi connectivity index (χ1) is 15.8. The maximum absolute atomic E-state index is 12.6. The summed E-state index contributed by atoms with van der Waals surface area (Å²) in [5.74, 6) is -0.00560. The smallest absolute Gasteiger partial charge is 0.297 e. The molecule has 0 saturated carbocycles. The van der Waals surface area contributed by atoms with Crippen LogP contribution in [0.15, 0.2) is 59.5 Å². The summed E-state index contributed by atoms with van der Waals surface area (Å²) in [6.07, 6.45) is -1.06. The van der Waals surface area contributed by atoms with Crippen molar-refractivity contribution in [2.24, 2.45) is 11.8 Å². The van der Waals surface area contributed by atoms with Crippen LogP contribution < -0.4 is 0 Å². The highest BCUT2D eigenvalue weighted by atomic mass is 32.2. The molecule has 1 N–H and O–H groups in total. The van der Waals surface area contributed by atoms with Gasteiger partial charge in [0.25, 0.3) is 10.1 Å². The van der Waals surface area contributed by atoms with Gasteiger partial charge in [-0.25, -0.2) is 0 Å². The van der Waals surface area contributed by atoms with Crippen LogP contribution in [0.3, 0.4) is 0 Å². The van der Waals surface area contributed by atoms with Gasteiger partial charge in [0.05, 0.1) is 30.8 Å². The molecule has 8 heteroatoms. The molecule has 1 aliphatic rings. The molecule has 0 spiro atoms. The molecule has 5 atom stereocenters. The van der Waals surface area contributed by atoms with Crippen LogP contribution >= 0.6 is 0 Å². The van der Waals surface area contributed by atoms with E-state index >= 15 is 0 Å². The third-order valence-corrected chi connectivity index (χ3v) is 7.37. The quantitative estimate of drug-likeness (QED) is 0.389. The van der Waals surface area contributed by atoms with Crippen LogP contribution in [0.4, 0.5) is 0 Å². The molecule has 33 heavy (non-hydrogen) atoms. The number of hydrogen-bond donors (Lipinski definition) is 1. The summed E-state index contributed by atoms with van der Waals surface area (Å²) in [7, 11) is -3.90. The van der Waals surface area contributed by atoms with Gasteiger partial charge in [-0.15, -0.1) is 0 Å². The second-order valence-corrected chi connectivity index (χ2v) is 10.1. The lowest BCUT2D eigenvalue weighted by Crippen LogP contribution is -2.53. The van der Waals surface area contributed by atoms with Crippen LogP contribution in [-0.2, 0) is 35.1 Å². The van der Waals surface area contributed by atoms with E-state index in [9.17, 15) is 8.42 Å². The van der Waals surface area contributed by atoms with E-state index in [1.807, 2.05) is 51.1 Å². The number of aryl methyl sites for hydroxylation is 1. The summed E-state index contributed by atoms with van der Waals surface area (Å²) >= 11 is 0. The van der Waals surface area contributed by atoms with Gasteiger partial charge in [0.1, 0.15) is 6.10 Å². The van der Waals surface area contributed by atoms with Crippen molar-refractivity contribution in [3.63, 3.8) is 0 Å². The Morgan fingerprint density at radius 1 is 0.970 bits per heavy atom. The van der Waals surface area contributed by atoms with Crippen molar-refractivity contribution in [3.05, 3.63) is 65.7 Å². The van der Waals surface area contributed by atoms with Gasteiger partial charge in [-0.2, -0.15) is 8.42 Å². The Hall–Kier alpha value is -1.81. The van der Waals surface area contributed by atoms with Crippen LogP contribution in [0, 0.1) is 18.8 Å². The van der Waals surface area contributed by atoms with Crippen LogP contribution in [0.1, 0.15) is 31.4 Å². The van der Waals surface area contributed by atoms with E-state index in [4.69, 9.17) is 23.5 Å². The van der Waals surface area contributed by atoms with E-state index in [0.717, 1.165) is 11.1 Å². The standard InChI is InChI=1S/C25H34O7S/c1-18-10-12-22(13-11-18)33(27,28)31-17-23-19(2)20(3)24(25(32-23)29-15-7-14-26)30-16-21-8-5-4-6-9-21/h4-6,8-13,19-20,23-26H,7,14-17H2,1-3H3/t19-,20-,23+,24+,25-/m0/s1. The van der Waals surface area contributed by atoms with Gasteiger partial charge in [0.2, 0.25) is 0 Å². The lowest BCUT2D eigenvalue weighted by atomic mass is 9.83. The van der Waals surface area contributed by atoms with Gasteiger partial charge in [-0.05, 0) is 42.9 Å². The van der Waals surface area contributed by atoms with Crippen molar-refractivity contribution in [3.8, 4) is 0 Å². The molecular formula is C25H34O7S. The first-order valence-electron chi connectivity index (χ1n) is 11.3. The van der Waals surface area contributed by atoms with Gasteiger partial charge >= 0.3 is 0 Å². The van der Waals surface area contributed by atoms with Gasteiger partial charge in [0, 0.05) is 6.61 Å². The number of aliphatic hydroxyl groups is 1. The first kappa shape index (κ1) is 25.8. The summed E-state index contributed by atoms with van der Waals surface area (Å²) in [6.45, 7) is 6.55. The summed E-state index contributed by atoms with van der Waals surface area (Å²) in [5.41, 5.74) is 2.01. The summed E-state index contributed by atoms with van der Waals surface area (Å²) in [6, 6.07) is 16.4. The Bertz CT molecular complexity index is 946. The normalized spacial score (nSPS) is 25.8. The van der Waals surface area contributed by atoms with Crippen molar-refractivity contribution in [1.82, 2.24) is 0 Å². The lowest BCUT2D eigenvalue weighted by molar-refractivity contribution is -0.286.